The maximum atomic E-state index is 13.1. The zero-order valence-electron chi connectivity index (χ0n) is 22.2. The van der Waals surface area contributed by atoms with Gasteiger partial charge in [0.25, 0.3) is 5.91 Å². The summed E-state index contributed by atoms with van der Waals surface area (Å²) >= 11 is 0. The van der Waals surface area contributed by atoms with Crippen molar-refractivity contribution >= 4 is 17.5 Å². The Balaban J connectivity index is 1.36. The van der Waals surface area contributed by atoms with Gasteiger partial charge in [0, 0.05) is 18.7 Å². The van der Waals surface area contributed by atoms with Gasteiger partial charge in [0.2, 0.25) is 17.6 Å². The molecule has 1 aliphatic rings. The van der Waals surface area contributed by atoms with E-state index < -0.39 is 0 Å². The van der Waals surface area contributed by atoms with Gasteiger partial charge in [0.15, 0.2) is 0 Å². The lowest BCUT2D eigenvalue weighted by Gasteiger charge is -2.31. The molecule has 2 heterocycles. The average molecular weight is 504 g/mol. The van der Waals surface area contributed by atoms with Crippen molar-refractivity contribution in [1.82, 2.24) is 20.4 Å². The first-order valence-corrected chi connectivity index (χ1v) is 13.1. The third kappa shape index (κ3) is 6.83. The molecular weight excluding hydrogens is 466 g/mol. The molecule has 1 atom stereocenters. The lowest BCUT2D eigenvalue weighted by molar-refractivity contribution is -0.121. The lowest BCUT2D eigenvalue weighted by Crippen LogP contribution is -2.40. The van der Waals surface area contributed by atoms with Crippen LogP contribution in [0.15, 0.2) is 53.1 Å². The number of nitrogens with zero attached hydrogens (tertiary/aromatic N) is 3. The fourth-order valence-corrected chi connectivity index (χ4v) is 4.52. The minimum Gasteiger partial charge on any atom is -0.352 e. The zero-order valence-corrected chi connectivity index (χ0v) is 22.2. The second-order valence-corrected chi connectivity index (χ2v) is 10.7. The van der Waals surface area contributed by atoms with Gasteiger partial charge in [-0.1, -0.05) is 69.2 Å². The van der Waals surface area contributed by atoms with Crippen LogP contribution in [-0.4, -0.2) is 46.5 Å². The predicted molar refractivity (Wildman–Crippen MR) is 144 cm³/mol. The van der Waals surface area contributed by atoms with Crippen LogP contribution < -0.4 is 10.6 Å². The Morgan fingerprint density at radius 1 is 1.11 bits per heavy atom. The minimum absolute atomic E-state index is 0.0782. The molecule has 0 saturated carbocycles. The number of hydrogen-bond acceptors (Lipinski definition) is 6. The van der Waals surface area contributed by atoms with Crippen LogP contribution in [0.1, 0.15) is 68.8 Å². The number of para-hydroxylation sites is 1. The maximum absolute atomic E-state index is 13.1. The molecule has 1 fully saturated rings. The molecule has 196 valence electrons. The van der Waals surface area contributed by atoms with Crippen molar-refractivity contribution in [2.24, 2.45) is 5.92 Å². The summed E-state index contributed by atoms with van der Waals surface area (Å²) in [4.78, 5) is 32.4. The Labute approximate surface area is 218 Å². The lowest BCUT2D eigenvalue weighted by atomic mass is 9.87. The Hall–Kier alpha value is -3.52. The van der Waals surface area contributed by atoms with Crippen LogP contribution in [0, 0.1) is 5.92 Å². The molecule has 1 aliphatic heterocycles. The zero-order chi connectivity index (χ0) is 26.4. The third-order valence-electron chi connectivity index (χ3n) is 6.68. The highest BCUT2D eigenvalue weighted by atomic mass is 16.5. The van der Waals surface area contributed by atoms with Crippen LogP contribution in [0.2, 0.25) is 0 Å². The van der Waals surface area contributed by atoms with Crippen LogP contribution in [0.25, 0.3) is 11.4 Å². The van der Waals surface area contributed by atoms with E-state index in [4.69, 9.17) is 4.52 Å². The first-order chi connectivity index (χ1) is 17.7. The van der Waals surface area contributed by atoms with Gasteiger partial charge < -0.3 is 15.2 Å². The van der Waals surface area contributed by atoms with Gasteiger partial charge in [-0.3, -0.25) is 14.5 Å². The van der Waals surface area contributed by atoms with Crippen molar-refractivity contribution in [3.05, 3.63) is 65.5 Å². The number of carbonyl (C=O) groups excluding carboxylic acids is 2. The number of nitrogens with one attached hydrogen (secondary N) is 2. The number of benzene rings is 2. The maximum Gasteiger partial charge on any atom is 0.253 e. The van der Waals surface area contributed by atoms with E-state index in [0.29, 0.717) is 42.6 Å². The van der Waals surface area contributed by atoms with Crippen molar-refractivity contribution in [3.63, 3.8) is 0 Å². The van der Waals surface area contributed by atoms with Crippen molar-refractivity contribution < 1.29 is 14.1 Å². The monoisotopic (exact) mass is 503 g/mol. The second kappa shape index (κ2) is 11.7. The van der Waals surface area contributed by atoms with E-state index in [1.54, 1.807) is 18.2 Å². The molecule has 8 heteroatoms. The van der Waals surface area contributed by atoms with E-state index in [2.05, 4.69) is 58.6 Å². The molecule has 2 amide bonds. The molecule has 4 rings (SSSR count). The number of rotatable bonds is 8. The summed E-state index contributed by atoms with van der Waals surface area (Å²) in [7, 11) is 0. The standard InChI is InChI=1S/C29H37N5O3/c1-5-16-30-28(36)23-10-6-7-11-24(23)31-27(35)21-9-8-17-34(18-21)19-25-32-26(33-37-25)20-12-14-22(15-13-20)29(2,3)4/h6-7,10-15,21H,5,8-9,16-19H2,1-4H3,(H,30,36)(H,31,35). The highest BCUT2D eigenvalue weighted by Crippen LogP contribution is 2.26. The molecule has 0 aliphatic carbocycles. The molecule has 1 saturated heterocycles. The number of piperidine rings is 1. The van der Waals surface area contributed by atoms with Crippen molar-refractivity contribution in [2.45, 2.75) is 58.9 Å². The highest BCUT2D eigenvalue weighted by molar-refractivity contribution is 6.04. The molecule has 3 aromatic rings. The number of anilines is 1. The number of carbonyl (C=O) groups is 2. The molecule has 1 unspecified atom stereocenters. The molecule has 2 aromatic carbocycles. The molecule has 0 radical (unpaired) electrons. The average Bonchev–Trinajstić information content (AvgIpc) is 3.35. The number of aromatic nitrogens is 2. The molecule has 2 N–H and O–H groups in total. The summed E-state index contributed by atoms with van der Waals surface area (Å²) in [5, 5.41) is 10.0. The van der Waals surface area contributed by atoms with Gasteiger partial charge in [-0.2, -0.15) is 4.98 Å². The number of likely N-dealkylation sites (tertiary alicyclic amines) is 1. The Bertz CT molecular complexity index is 1210. The summed E-state index contributed by atoms with van der Waals surface area (Å²) in [6.45, 7) is 11.1. The SMILES string of the molecule is CCCNC(=O)c1ccccc1NC(=O)C1CCCN(Cc2nc(-c3ccc(C(C)(C)C)cc3)no2)C1. The van der Waals surface area contributed by atoms with E-state index in [0.717, 1.165) is 31.4 Å². The topological polar surface area (TPSA) is 100 Å². The molecule has 0 bridgehead atoms. The first-order valence-electron chi connectivity index (χ1n) is 13.1. The van der Waals surface area contributed by atoms with Crippen molar-refractivity contribution in [3.8, 4) is 11.4 Å². The summed E-state index contributed by atoms with van der Waals surface area (Å²) in [6, 6.07) is 15.4. The van der Waals surface area contributed by atoms with Crippen LogP contribution in [0.3, 0.4) is 0 Å². The molecular formula is C29H37N5O3. The van der Waals surface area contributed by atoms with Gasteiger partial charge in [-0.05, 0) is 48.9 Å². The number of hydrogen-bond donors (Lipinski definition) is 2. The summed E-state index contributed by atoms with van der Waals surface area (Å²) in [5.41, 5.74) is 3.27. The van der Waals surface area contributed by atoms with E-state index in [9.17, 15) is 9.59 Å². The van der Waals surface area contributed by atoms with Crippen LogP contribution in [0.4, 0.5) is 5.69 Å². The minimum atomic E-state index is -0.187. The van der Waals surface area contributed by atoms with Crippen LogP contribution >= 0.6 is 0 Å². The molecule has 0 spiro atoms. The quantitative estimate of drug-likeness (QED) is 0.447. The van der Waals surface area contributed by atoms with E-state index in [1.807, 2.05) is 25.1 Å². The third-order valence-corrected chi connectivity index (χ3v) is 6.68. The fraction of sp³-hybridized carbons (Fsp3) is 0.448. The predicted octanol–water partition coefficient (Wildman–Crippen LogP) is 5.02. The van der Waals surface area contributed by atoms with E-state index in [-0.39, 0.29) is 23.1 Å². The molecule has 1 aromatic heterocycles. The van der Waals surface area contributed by atoms with E-state index in [1.165, 1.54) is 5.56 Å². The normalized spacial score (nSPS) is 16.4. The first kappa shape index (κ1) is 26.5. The Morgan fingerprint density at radius 2 is 1.86 bits per heavy atom. The van der Waals surface area contributed by atoms with Gasteiger partial charge >= 0.3 is 0 Å². The van der Waals surface area contributed by atoms with Crippen molar-refractivity contribution in [2.75, 3.05) is 25.0 Å². The molecule has 8 nitrogen and oxygen atoms in total. The largest absolute Gasteiger partial charge is 0.352 e. The van der Waals surface area contributed by atoms with Gasteiger partial charge in [0.1, 0.15) is 0 Å². The Morgan fingerprint density at radius 3 is 2.59 bits per heavy atom. The van der Waals surface area contributed by atoms with Gasteiger partial charge in [0.05, 0.1) is 23.7 Å². The molecule has 37 heavy (non-hydrogen) atoms. The summed E-state index contributed by atoms with van der Waals surface area (Å²) < 4.78 is 5.54. The smallest absolute Gasteiger partial charge is 0.253 e. The van der Waals surface area contributed by atoms with Crippen LogP contribution in [-0.2, 0) is 16.8 Å². The fourth-order valence-electron chi connectivity index (χ4n) is 4.52. The second-order valence-electron chi connectivity index (χ2n) is 10.7. The van der Waals surface area contributed by atoms with Crippen molar-refractivity contribution in [1.29, 1.82) is 0 Å². The Kier molecular flexibility index (Phi) is 8.38. The van der Waals surface area contributed by atoms with Gasteiger partial charge in [-0.15, -0.1) is 0 Å². The highest BCUT2D eigenvalue weighted by Gasteiger charge is 2.28. The summed E-state index contributed by atoms with van der Waals surface area (Å²) in [5.74, 6) is 0.662. The van der Waals surface area contributed by atoms with Crippen LogP contribution in [0.5, 0.6) is 0 Å². The van der Waals surface area contributed by atoms with E-state index >= 15 is 0 Å². The van der Waals surface area contributed by atoms with Gasteiger partial charge in [-0.25, -0.2) is 0 Å². The number of amides is 2. The summed E-state index contributed by atoms with van der Waals surface area (Å²) in [6.07, 6.45) is 2.54.